The van der Waals surface area contributed by atoms with Gasteiger partial charge in [0.05, 0.1) is 17.6 Å². The van der Waals surface area contributed by atoms with Gasteiger partial charge in [0.15, 0.2) is 0 Å². The number of carboxylic acids is 1. The summed E-state index contributed by atoms with van der Waals surface area (Å²) in [5, 5.41) is 23.0. The minimum atomic E-state index is -1.58. The SMILES string of the molecule is CC(C)C[C@]1(O)CCN(C(=O)Nc2cc(Oc3ccc(F)cc3)cc(Oc3ccc(C(C)(C)C(=O)O)cc3)c2)C[C@H]1F. The first-order chi connectivity index (χ1) is 19.7. The van der Waals surface area contributed by atoms with Crippen LogP contribution in [0.4, 0.5) is 19.3 Å². The van der Waals surface area contributed by atoms with E-state index in [2.05, 4.69) is 5.32 Å². The molecule has 0 radical (unpaired) electrons. The fraction of sp³-hybridized carbons (Fsp3) is 0.375. The monoisotopic (exact) mass is 582 g/mol. The van der Waals surface area contributed by atoms with Crippen molar-refractivity contribution in [2.24, 2.45) is 5.92 Å². The first-order valence-corrected chi connectivity index (χ1v) is 13.8. The van der Waals surface area contributed by atoms with Crippen molar-refractivity contribution in [1.82, 2.24) is 4.90 Å². The normalized spacial score (nSPS) is 19.0. The summed E-state index contributed by atoms with van der Waals surface area (Å²) in [5.74, 6) is 0.0729. The molecule has 1 fully saturated rings. The topological polar surface area (TPSA) is 108 Å². The van der Waals surface area contributed by atoms with Crippen molar-refractivity contribution in [3.8, 4) is 23.0 Å². The van der Waals surface area contributed by atoms with Gasteiger partial charge in [-0.05, 0) is 74.6 Å². The van der Waals surface area contributed by atoms with E-state index in [1.54, 1.807) is 56.3 Å². The van der Waals surface area contributed by atoms with Gasteiger partial charge >= 0.3 is 12.0 Å². The molecule has 0 aromatic heterocycles. The molecule has 0 aliphatic carbocycles. The van der Waals surface area contributed by atoms with Crippen molar-refractivity contribution in [2.45, 2.75) is 57.7 Å². The predicted octanol–water partition coefficient (Wildman–Crippen LogP) is 7.13. The second-order valence-electron chi connectivity index (χ2n) is 11.6. The smallest absolute Gasteiger partial charge is 0.321 e. The van der Waals surface area contributed by atoms with Crippen molar-refractivity contribution in [3.05, 3.63) is 78.1 Å². The number of benzene rings is 3. The molecule has 0 bridgehead atoms. The van der Waals surface area contributed by atoms with E-state index in [-0.39, 0.29) is 31.2 Å². The molecule has 3 N–H and O–H groups in total. The number of hydrogen-bond acceptors (Lipinski definition) is 5. The zero-order valence-corrected chi connectivity index (χ0v) is 24.1. The van der Waals surface area contributed by atoms with Crippen molar-refractivity contribution in [2.75, 3.05) is 18.4 Å². The molecular weight excluding hydrogens is 546 g/mol. The molecule has 224 valence electrons. The number of likely N-dealkylation sites (tertiary alicyclic amines) is 1. The highest BCUT2D eigenvalue weighted by Gasteiger charge is 2.43. The molecule has 0 unspecified atom stereocenters. The Morgan fingerprint density at radius 2 is 1.55 bits per heavy atom. The zero-order valence-electron chi connectivity index (χ0n) is 24.1. The first kappa shape index (κ1) is 30.8. The average molecular weight is 583 g/mol. The van der Waals surface area contributed by atoms with Gasteiger partial charge in [-0.15, -0.1) is 0 Å². The number of carboxylic acid groups (broad SMARTS) is 1. The molecule has 3 aromatic carbocycles. The van der Waals surface area contributed by atoms with Crippen LogP contribution in [0.3, 0.4) is 0 Å². The number of aliphatic hydroxyl groups is 1. The molecule has 1 heterocycles. The van der Waals surface area contributed by atoms with E-state index in [4.69, 9.17) is 9.47 Å². The molecule has 4 rings (SSSR count). The molecule has 2 atom stereocenters. The van der Waals surface area contributed by atoms with Gasteiger partial charge in [0.25, 0.3) is 0 Å². The van der Waals surface area contributed by atoms with Crippen molar-refractivity contribution in [1.29, 1.82) is 0 Å². The van der Waals surface area contributed by atoms with Gasteiger partial charge < -0.3 is 29.9 Å². The van der Waals surface area contributed by atoms with Crippen LogP contribution in [0, 0.1) is 11.7 Å². The van der Waals surface area contributed by atoms with Crippen LogP contribution >= 0.6 is 0 Å². The van der Waals surface area contributed by atoms with E-state index < -0.39 is 35.0 Å². The van der Waals surface area contributed by atoms with Crippen LogP contribution in [0.5, 0.6) is 23.0 Å². The summed E-state index contributed by atoms with van der Waals surface area (Å²) in [7, 11) is 0. The van der Waals surface area contributed by atoms with Gasteiger partial charge in [0.1, 0.15) is 35.0 Å². The summed E-state index contributed by atoms with van der Waals surface area (Å²) in [5.41, 5.74) is -1.66. The first-order valence-electron chi connectivity index (χ1n) is 13.8. The molecule has 0 spiro atoms. The van der Waals surface area contributed by atoms with Gasteiger partial charge in [-0.3, -0.25) is 4.79 Å². The number of amides is 2. The lowest BCUT2D eigenvalue weighted by atomic mass is 9.82. The van der Waals surface area contributed by atoms with Gasteiger partial charge in [0.2, 0.25) is 0 Å². The minimum absolute atomic E-state index is 0.107. The quantitative estimate of drug-likeness (QED) is 0.248. The van der Waals surface area contributed by atoms with Gasteiger partial charge in [0, 0.05) is 30.4 Å². The number of urea groups is 1. The molecule has 42 heavy (non-hydrogen) atoms. The average Bonchev–Trinajstić information content (AvgIpc) is 2.91. The highest BCUT2D eigenvalue weighted by Crippen LogP contribution is 2.35. The van der Waals surface area contributed by atoms with Crippen LogP contribution in [-0.2, 0) is 10.2 Å². The number of anilines is 1. The number of ether oxygens (including phenoxy) is 2. The largest absolute Gasteiger partial charge is 0.481 e. The lowest BCUT2D eigenvalue weighted by molar-refractivity contribution is -0.142. The second-order valence-corrected chi connectivity index (χ2v) is 11.6. The van der Waals surface area contributed by atoms with Crippen LogP contribution in [0.2, 0.25) is 0 Å². The fourth-order valence-corrected chi connectivity index (χ4v) is 4.86. The third kappa shape index (κ3) is 7.36. The number of piperidine rings is 1. The molecule has 3 aromatic rings. The van der Waals surface area contributed by atoms with E-state index in [0.29, 0.717) is 34.9 Å². The number of halogens is 2. The molecule has 1 aliphatic heterocycles. The Bertz CT molecular complexity index is 1410. The lowest BCUT2D eigenvalue weighted by Crippen LogP contribution is -2.56. The summed E-state index contributed by atoms with van der Waals surface area (Å²) < 4.78 is 40.2. The number of hydrogen-bond donors (Lipinski definition) is 3. The number of carbonyl (C=O) groups excluding carboxylic acids is 1. The summed E-state index contributed by atoms with van der Waals surface area (Å²) in [6.07, 6.45) is -1.15. The molecular formula is C32H36F2N2O6. The number of rotatable bonds is 9. The maximum atomic E-state index is 15.0. The fourth-order valence-electron chi connectivity index (χ4n) is 4.86. The Hall–Kier alpha value is -4.18. The summed E-state index contributed by atoms with van der Waals surface area (Å²) in [6.45, 7) is 6.97. The minimum Gasteiger partial charge on any atom is -0.481 e. The Morgan fingerprint density at radius 3 is 2.05 bits per heavy atom. The standard InChI is InChI=1S/C32H36F2N2O6/c1-20(2)18-32(40)13-14-36(19-28(32)34)30(39)35-23-15-26(17-27(16-23)42-25-11-7-22(33)8-12-25)41-24-9-5-21(6-10-24)31(3,4)29(37)38/h5-12,15-17,20,28,40H,13-14,18-19H2,1-4H3,(H,35,39)(H,37,38)/t28-,32-/m1/s1. The van der Waals surface area contributed by atoms with E-state index in [1.807, 2.05) is 13.8 Å². The highest BCUT2D eigenvalue weighted by molar-refractivity contribution is 5.90. The Labute approximate surface area is 243 Å². The number of nitrogens with one attached hydrogen (secondary N) is 1. The van der Waals surface area contributed by atoms with Crippen molar-refractivity contribution >= 4 is 17.7 Å². The summed E-state index contributed by atoms with van der Waals surface area (Å²) in [4.78, 5) is 26.0. The third-order valence-corrected chi connectivity index (χ3v) is 7.35. The van der Waals surface area contributed by atoms with Gasteiger partial charge in [-0.2, -0.15) is 0 Å². The molecule has 2 amide bonds. The number of alkyl halides is 1. The third-order valence-electron chi connectivity index (χ3n) is 7.35. The van der Waals surface area contributed by atoms with Crippen LogP contribution in [0.15, 0.2) is 66.7 Å². The Balaban J connectivity index is 1.55. The lowest BCUT2D eigenvalue weighted by Gasteiger charge is -2.41. The van der Waals surface area contributed by atoms with E-state index in [1.165, 1.54) is 29.2 Å². The van der Waals surface area contributed by atoms with E-state index >= 15 is 0 Å². The molecule has 10 heteroatoms. The molecule has 0 saturated carbocycles. The molecule has 8 nitrogen and oxygen atoms in total. The predicted molar refractivity (Wildman–Crippen MR) is 155 cm³/mol. The second kappa shape index (κ2) is 12.4. The van der Waals surface area contributed by atoms with Gasteiger partial charge in [-0.1, -0.05) is 26.0 Å². The van der Waals surface area contributed by atoms with Crippen molar-refractivity contribution in [3.63, 3.8) is 0 Å². The number of aliphatic carboxylic acids is 1. The maximum Gasteiger partial charge on any atom is 0.321 e. The summed E-state index contributed by atoms with van der Waals surface area (Å²) in [6, 6.07) is 16.2. The van der Waals surface area contributed by atoms with Crippen LogP contribution < -0.4 is 14.8 Å². The Morgan fingerprint density at radius 1 is 1.00 bits per heavy atom. The summed E-state index contributed by atoms with van der Waals surface area (Å²) >= 11 is 0. The molecule has 1 aliphatic rings. The van der Waals surface area contributed by atoms with E-state index in [9.17, 15) is 28.6 Å². The number of carbonyl (C=O) groups is 2. The van der Waals surface area contributed by atoms with Crippen molar-refractivity contribution < 1.29 is 38.1 Å². The van der Waals surface area contributed by atoms with E-state index in [0.717, 1.165) is 0 Å². The maximum absolute atomic E-state index is 15.0. The zero-order chi connectivity index (χ0) is 30.7. The van der Waals surface area contributed by atoms with Crippen LogP contribution in [0.25, 0.3) is 0 Å². The molecule has 1 saturated heterocycles. The van der Waals surface area contributed by atoms with Gasteiger partial charge in [-0.25, -0.2) is 13.6 Å². The van der Waals surface area contributed by atoms with Crippen LogP contribution in [0.1, 0.15) is 46.1 Å². The Kier molecular flexibility index (Phi) is 9.06. The highest BCUT2D eigenvalue weighted by atomic mass is 19.1. The number of nitrogens with zero attached hydrogens (tertiary/aromatic N) is 1. The van der Waals surface area contributed by atoms with Crippen LogP contribution in [-0.4, -0.2) is 52.0 Å².